The molecule has 0 saturated heterocycles. The first kappa shape index (κ1) is 15.3. The van der Waals surface area contributed by atoms with Gasteiger partial charge in [0, 0.05) is 11.5 Å². The van der Waals surface area contributed by atoms with E-state index in [2.05, 4.69) is 25.8 Å². The molecule has 0 atom stereocenters. The van der Waals surface area contributed by atoms with E-state index >= 15 is 0 Å². The van der Waals surface area contributed by atoms with Gasteiger partial charge in [-0.25, -0.2) is 8.42 Å². The van der Waals surface area contributed by atoms with Crippen LogP contribution >= 0.6 is 27.5 Å². The summed E-state index contributed by atoms with van der Waals surface area (Å²) >= 11 is 9.29. The van der Waals surface area contributed by atoms with Crippen LogP contribution in [0.4, 0.5) is 5.69 Å². The number of halogens is 2. The predicted molar refractivity (Wildman–Crippen MR) is 82.6 cm³/mol. The summed E-state index contributed by atoms with van der Waals surface area (Å²) in [7, 11) is -2.03. The maximum absolute atomic E-state index is 12.5. The molecule has 0 bridgehead atoms. The van der Waals surface area contributed by atoms with Crippen molar-refractivity contribution in [2.75, 3.05) is 4.72 Å². The minimum absolute atomic E-state index is 0.177. The van der Waals surface area contributed by atoms with Gasteiger partial charge in [0.05, 0.1) is 22.1 Å². The maximum Gasteiger partial charge on any atom is 0.265 e. The van der Waals surface area contributed by atoms with E-state index < -0.39 is 10.0 Å². The van der Waals surface area contributed by atoms with Crippen LogP contribution in [-0.2, 0) is 17.1 Å². The molecule has 1 aromatic heterocycles. The third-order valence-electron chi connectivity index (χ3n) is 2.88. The number of sulfonamides is 1. The number of hydrogen-bond donors (Lipinski definition) is 1. The van der Waals surface area contributed by atoms with Crippen LogP contribution in [0, 0.1) is 13.8 Å². The predicted octanol–water partition coefficient (Wildman–Crippen LogP) is 3.25. The molecule has 0 radical (unpaired) electrons. The highest BCUT2D eigenvalue weighted by atomic mass is 79.9. The van der Waals surface area contributed by atoms with Gasteiger partial charge in [-0.1, -0.05) is 27.5 Å². The van der Waals surface area contributed by atoms with Gasteiger partial charge >= 0.3 is 0 Å². The standard InChI is InChI=1S/C12H13BrClN3O2S/c1-7-12(8(2)17(3)15-7)20(18,19)16-11-6-9(13)4-5-10(11)14/h4-6,16H,1-3H3. The summed E-state index contributed by atoms with van der Waals surface area (Å²) in [6, 6.07) is 4.97. The Kier molecular flexibility index (Phi) is 4.13. The fraction of sp³-hybridized carbons (Fsp3) is 0.250. The molecule has 0 saturated carbocycles. The molecule has 2 aromatic rings. The molecule has 5 nitrogen and oxygen atoms in total. The molecule has 0 aliphatic rings. The van der Waals surface area contributed by atoms with E-state index in [1.54, 1.807) is 39.1 Å². The molecular formula is C12H13BrClN3O2S. The van der Waals surface area contributed by atoms with Crippen LogP contribution in [0.2, 0.25) is 5.02 Å². The van der Waals surface area contributed by atoms with Crippen LogP contribution in [0.15, 0.2) is 27.6 Å². The largest absolute Gasteiger partial charge is 0.278 e. The van der Waals surface area contributed by atoms with Crippen molar-refractivity contribution in [1.29, 1.82) is 0 Å². The van der Waals surface area contributed by atoms with Crippen molar-refractivity contribution in [2.45, 2.75) is 18.7 Å². The van der Waals surface area contributed by atoms with Gasteiger partial charge in [-0.3, -0.25) is 9.40 Å². The Morgan fingerprint density at radius 1 is 1.35 bits per heavy atom. The van der Waals surface area contributed by atoms with Crippen molar-refractivity contribution in [3.05, 3.63) is 39.1 Å². The molecule has 0 unspecified atom stereocenters. The van der Waals surface area contributed by atoms with Crippen LogP contribution in [0.3, 0.4) is 0 Å². The van der Waals surface area contributed by atoms with Crippen molar-refractivity contribution >= 4 is 43.2 Å². The zero-order chi connectivity index (χ0) is 15.1. The van der Waals surface area contributed by atoms with Gasteiger partial charge in [0.1, 0.15) is 4.90 Å². The second-order valence-electron chi connectivity index (χ2n) is 4.35. The summed E-state index contributed by atoms with van der Waals surface area (Å²) < 4.78 is 29.7. The molecule has 2 rings (SSSR count). The first-order valence-electron chi connectivity index (χ1n) is 5.70. The number of anilines is 1. The summed E-state index contributed by atoms with van der Waals surface area (Å²) in [5, 5.41) is 4.44. The zero-order valence-corrected chi connectivity index (χ0v) is 14.3. The molecule has 0 amide bonds. The van der Waals surface area contributed by atoms with E-state index in [9.17, 15) is 8.42 Å². The monoisotopic (exact) mass is 377 g/mol. The van der Waals surface area contributed by atoms with Crippen LogP contribution in [0.1, 0.15) is 11.4 Å². The lowest BCUT2D eigenvalue weighted by molar-refractivity contribution is 0.599. The average molecular weight is 379 g/mol. The maximum atomic E-state index is 12.5. The summed E-state index contributed by atoms with van der Waals surface area (Å²) in [5.41, 5.74) is 1.34. The van der Waals surface area contributed by atoms with Gasteiger partial charge in [-0.15, -0.1) is 0 Å². The Morgan fingerprint density at radius 2 is 2.00 bits per heavy atom. The van der Waals surface area contributed by atoms with Gasteiger partial charge in [0.25, 0.3) is 10.0 Å². The van der Waals surface area contributed by atoms with Crippen molar-refractivity contribution in [2.24, 2.45) is 7.05 Å². The average Bonchev–Trinajstić information content (AvgIpc) is 2.58. The van der Waals surface area contributed by atoms with Crippen LogP contribution < -0.4 is 4.72 Å². The van der Waals surface area contributed by atoms with Crippen molar-refractivity contribution < 1.29 is 8.42 Å². The second kappa shape index (κ2) is 5.38. The van der Waals surface area contributed by atoms with Gasteiger partial charge in [0.2, 0.25) is 0 Å². The number of nitrogens with one attached hydrogen (secondary N) is 1. The zero-order valence-electron chi connectivity index (χ0n) is 11.1. The molecule has 0 aliphatic heterocycles. The minimum atomic E-state index is -3.73. The molecule has 1 aromatic carbocycles. The number of rotatable bonds is 3. The lowest BCUT2D eigenvalue weighted by Gasteiger charge is -2.10. The number of aryl methyl sites for hydroxylation is 2. The normalized spacial score (nSPS) is 11.7. The first-order chi connectivity index (χ1) is 9.22. The first-order valence-corrected chi connectivity index (χ1v) is 8.36. The Balaban J connectivity index is 2.49. The van der Waals surface area contributed by atoms with Gasteiger partial charge in [0.15, 0.2) is 0 Å². The van der Waals surface area contributed by atoms with Crippen molar-refractivity contribution in [3.63, 3.8) is 0 Å². The highest BCUT2D eigenvalue weighted by Gasteiger charge is 2.24. The van der Waals surface area contributed by atoms with Crippen LogP contribution in [-0.4, -0.2) is 18.2 Å². The summed E-state index contributed by atoms with van der Waals surface area (Å²) in [4.78, 5) is 0.177. The van der Waals surface area contributed by atoms with E-state index in [-0.39, 0.29) is 4.90 Å². The number of aromatic nitrogens is 2. The third kappa shape index (κ3) is 2.84. The quantitative estimate of drug-likeness (QED) is 0.891. The molecule has 1 heterocycles. The molecule has 8 heteroatoms. The summed E-state index contributed by atoms with van der Waals surface area (Å²) in [6.07, 6.45) is 0. The molecule has 20 heavy (non-hydrogen) atoms. The highest BCUT2D eigenvalue weighted by molar-refractivity contribution is 9.10. The van der Waals surface area contributed by atoms with Crippen LogP contribution in [0.5, 0.6) is 0 Å². The topological polar surface area (TPSA) is 64.0 Å². The van der Waals surface area contributed by atoms with E-state index in [1.807, 2.05) is 0 Å². The van der Waals surface area contributed by atoms with E-state index in [1.165, 1.54) is 4.68 Å². The fourth-order valence-corrected chi connectivity index (χ4v) is 4.01. The number of benzene rings is 1. The Morgan fingerprint density at radius 3 is 2.55 bits per heavy atom. The van der Waals surface area contributed by atoms with E-state index in [0.717, 1.165) is 4.47 Å². The SMILES string of the molecule is Cc1nn(C)c(C)c1S(=O)(=O)Nc1cc(Br)ccc1Cl. The molecular weight excluding hydrogens is 366 g/mol. The van der Waals surface area contributed by atoms with Gasteiger partial charge in [-0.2, -0.15) is 5.10 Å². The van der Waals surface area contributed by atoms with Crippen molar-refractivity contribution in [3.8, 4) is 0 Å². The molecule has 0 aliphatic carbocycles. The smallest absolute Gasteiger partial charge is 0.265 e. The Labute approximate surface area is 131 Å². The molecule has 108 valence electrons. The minimum Gasteiger partial charge on any atom is -0.278 e. The molecule has 0 fully saturated rings. The second-order valence-corrected chi connectivity index (χ2v) is 7.30. The highest BCUT2D eigenvalue weighted by Crippen LogP contribution is 2.29. The lowest BCUT2D eigenvalue weighted by atomic mass is 10.3. The van der Waals surface area contributed by atoms with Gasteiger partial charge in [-0.05, 0) is 32.0 Å². The number of nitrogens with zero attached hydrogens (tertiary/aromatic N) is 2. The fourth-order valence-electron chi connectivity index (χ4n) is 1.91. The van der Waals surface area contributed by atoms with E-state index in [4.69, 9.17) is 11.6 Å². The lowest BCUT2D eigenvalue weighted by Crippen LogP contribution is -2.15. The number of hydrogen-bond acceptors (Lipinski definition) is 3. The Hall–Kier alpha value is -1.05. The Bertz CT molecular complexity index is 771. The van der Waals surface area contributed by atoms with Crippen molar-refractivity contribution in [1.82, 2.24) is 9.78 Å². The van der Waals surface area contributed by atoms with Gasteiger partial charge < -0.3 is 0 Å². The van der Waals surface area contributed by atoms with Crippen LogP contribution in [0.25, 0.3) is 0 Å². The molecule has 1 N–H and O–H groups in total. The summed E-state index contributed by atoms with van der Waals surface area (Å²) in [6.45, 7) is 3.36. The summed E-state index contributed by atoms with van der Waals surface area (Å²) in [5.74, 6) is 0. The molecule has 0 spiro atoms. The van der Waals surface area contributed by atoms with E-state index in [0.29, 0.717) is 22.1 Å². The third-order valence-corrected chi connectivity index (χ3v) is 5.32.